The summed E-state index contributed by atoms with van der Waals surface area (Å²) >= 11 is 0. The second-order valence-corrected chi connectivity index (χ2v) is 5.09. The van der Waals surface area contributed by atoms with Crippen LogP contribution in [-0.2, 0) is 0 Å². The highest BCUT2D eigenvalue weighted by atomic mass is 19.1. The van der Waals surface area contributed by atoms with Crippen LogP contribution in [0.2, 0.25) is 0 Å². The predicted octanol–water partition coefficient (Wildman–Crippen LogP) is 5.31. The zero-order valence-electron chi connectivity index (χ0n) is 10.5. The van der Waals surface area contributed by atoms with Gasteiger partial charge in [0.2, 0.25) is 0 Å². The van der Waals surface area contributed by atoms with E-state index >= 15 is 0 Å². The Morgan fingerprint density at radius 2 is 1.76 bits per heavy atom. The van der Waals surface area contributed by atoms with E-state index in [-0.39, 0.29) is 0 Å². The van der Waals surface area contributed by atoms with Gasteiger partial charge in [0, 0.05) is 0 Å². The number of halogens is 1. The van der Waals surface area contributed by atoms with Gasteiger partial charge in [-0.05, 0) is 54.7 Å². The molecule has 1 heteroatoms. The normalized spacial score (nSPS) is 25.3. The van der Waals surface area contributed by atoms with Crippen molar-refractivity contribution in [1.29, 1.82) is 0 Å². The second kappa shape index (κ2) is 6.00. The molecule has 1 aromatic carbocycles. The third kappa shape index (κ3) is 3.18. The molecular formula is C16H21F. The molecule has 0 nitrogen and oxygen atoms in total. The molecule has 1 aliphatic carbocycles. The summed E-state index contributed by atoms with van der Waals surface area (Å²) < 4.78 is 12.0. The zero-order valence-corrected chi connectivity index (χ0v) is 10.5. The van der Waals surface area contributed by atoms with Crippen molar-refractivity contribution in [1.82, 2.24) is 0 Å². The molecule has 0 saturated heterocycles. The second-order valence-electron chi connectivity index (χ2n) is 5.09. The maximum atomic E-state index is 12.0. The lowest BCUT2D eigenvalue weighted by atomic mass is 9.78. The van der Waals surface area contributed by atoms with Crippen LogP contribution in [0.5, 0.6) is 0 Å². The van der Waals surface area contributed by atoms with Gasteiger partial charge in [0.25, 0.3) is 0 Å². The maximum absolute atomic E-state index is 12.0. The molecule has 0 spiro atoms. The quantitative estimate of drug-likeness (QED) is 0.662. The lowest BCUT2D eigenvalue weighted by Gasteiger charge is -2.28. The van der Waals surface area contributed by atoms with Gasteiger partial charge >= 0.3 is 0 Å². The van der Waals surface area contributed by atoms with Gasteiger partial charge in [0.05, 0.1) is 6.33 Å². The molecule has 92 valence electrons. The van der Waals surface area contributed by atoms with Crippen LogP contribution in [0.15, 0.2) is 30.6 Å². The molecule has 0 unspecified atom stereocenters. The largest absolute Gasteiger partial charge is 0.216 e. The Hall–Kier alpha value is -1.11. The summed E-state index contributed by atoms with van der Waals surface area (Å²) in [6.45, 7) is 2.29. The van der Waals surface area contributed by atoms with Crippen molar-refractivity contribution in [2.75, 3.05) is 0 Å². The van der Waals surface area contributed by atoms with Crippen LogP contribution in [0.25, 0.3) is 6.08 Å². The lowest BCUT2D eigenvalue weighted by Crippen LogP contribution is -2.12. The zero-order chi connectivity index (χ0) is 12.1. The van der Waals surface area contributed by atoms with Gasteiger partial charge in [-0.3, -0.25) is 0 Å². The number of hydrogen-bond acceptors (Lipinski definition) is 0. The minimum absolute atomic E-state index is 0.599. The highest BCUT2D eigenvalue weighted by Crippen LogP contribution is 2.36. The third-order valence-corrected chi connectivity index (χ3v) is 4.09. The third-order valence-electron chi connectivity index (χ3n) is 4.09. The predicted molar refractivity (Wildman–Crippen MR) is 71.6 cm³/mol. The number of benzene rings is 1. The fourth-order valence-corrected chi connectivity index (χ4v) is 2.86. The van der Waals surface area contributed by atoms with Crippen LogP contribution in [-0.4, -0.2) is 0 Å². The van der Waals surface area contributed by atoms with Crippen molar-refractivity contribution in [2.24, 2.45) is 5.92 Å². The molecule has 1 aliphatic rings. The molecule has 0 atom stereocenters. The monoisotopic (exact) mass is 232 g/mol. The van der Waals surface area contributed by atoms with Crippen molar-refractivity contribution >= 4 is 6.08 Å². The summed E-state index contributed by atoms with van der Waals surface area (Å²) in [5.41, 5.74) is 2.37. The Kier molecular flexibility index (Phi) is 4.36. The van der Waals surface area contributed by atoms with E-state index in [9.17, 15) is 4.39 Å². The lowest BCUT2D eigenvalue weighted by molar-refractivity contribution is 0.319. The van der Waals surface area contributed by atoms with Crippen LogP contribution in [0.1, 0.15) is 56.1 Å². The van der Waals surface area contributed by atoms with E-state index in [0.717, 1.165) is 17.4 Å². The van der Waals surface area contributed by atoms with E-state index in [2.05, 4.69) is 19.1 Å². The summed E-state index contributed by atoms with van der Waals surface area (Å²) in [7, 11) is 0. The van der Waals surface area contributed by atoms with Crippen molar-refractivity contribution < 1.29 is 4.39 Å². The van der Waals surface area contributed by atoms with Gasteiger partial charge in [-0.1, -0.05) is 37.6 Å². The van der Waals surface area contributed by atoms with Gasteiger partial charge in [0.1, 0.15) is 0 Å². The van der Waals surface area contributed by atoms with E-state index in [1.807, 2.05) is 12.1 Å². The van der Waals surface area contributed by atoms with Crippen molar-refractivity contribution in [2.45, 2.75) is 44.9 Å². The van der Waals surface area contributed by atoms with Gasteiger partial charge in [-0.25, -0.2) is 4.39 Å². The van der Waals surface area contributed by atoms with Gasteiger partial charge < -0.3 is 0 Å². The van der Waals surface area contributed by atoms with E-state index in [4.69, 9.17) is 0 Å². The molecule has 0 heterocycles. The molecule has 1 saturated carbocycles. The molecule has 2 rings (SSSR count). The van der Waals surface area contributed by atoms with Crippen LogP contribution in [0.4, 0.5) is 4.39 Å². The number of hydrogen-bond donors (Lipinski definition) is 0. The average molecular weight is 232 g/mol. The molecule has 0 aromatic heterocycles. The molecular weight excluding hydrogens is 211 g/mol. The van der Waals surface area contributed by atoms with Gasteiger partial charge in [-0.15, -0.1) is 0 Å². The van der Waals surface area contributed by atoms with E-state index in [0.29, 0.717) is 6.33 Å². The van der Waals surface area contributed by atoms with E-state index in [1.165, 1.54) is 43.7 Å². The standard InChI is InChI=1S/C16H21F/c1-2-13-3-7-15(8-4-13)16-9-5-14(6-10-16)11-12-17/h5-6,9-13,15H,2-4,7-8H2,1H3. The summed E-state index contributed by atoms with van der Waals surface area (Å²) in [4.78, 5) is 0. The minimum atomic E-state index is 0.599. The molecule has 1 fully saturated rings. The Morgan fingerprint density at radius 3 is 2.29 bits per heavy atom. The fraction of sp³-hybridized carbons (Fsp3) is 0.500. The van der Waals surface area contributed by atoms with Crippen molar-refractivity contribution in [3.05, 3.63) is 41.7 Å². The average Bonchev–Trinajstić information content (AvgIpc) is 2.40. The first kappa shape index (κ1) is 12.3. The smallest absolute Gasteiger partial charge is 0.0872 e. The van der Waals surface area contributed by atoms with Crippen LogP contribution >= 0.6 is 0 Å². The molecule has 0 bridgehead atoms. The molecule has 0 amide bonds. The van der Waals surface area contributed by atoms with Crippen LogP contribution in [0, 0.1) is 5.92 Å². The van der Waals surface area contributed by atoms with Crippen molar-refractivity contribution in [3.63, 3.8) is 0 Å². The molecule has 1 aromatic rings. The SMILES string of the molecule is CCC1CCC(c2ccc(C=CF)cc2)CC1. The molecule has 0 N–H and O–H groups in total. The fourth-order valence-electron chi connectivity index (χ4n) is 2.86. The highest BCUT2D eigenvalue weighted by molar-refractivity contribution is 5.48. The van der Waals surface area contributed by atoms with Crippen LogP contribution < -0.4 is 0 Å². The molecule has 17 heavy (non-hydrogen) atoms. The Balaban J connectivity index is 1.98. The Bertz CT molecular complexity index is 356. The minimum Gasteiger partial charge on any atom is -0.216 e. The molecule has 0 aliphatic heterocycles. The van der Waals surface area contributed by atoms with Crippen molar-refractivity contribution in [3.8, 4) is 0 Å². The van der Waals surface area contributed by atoms with Crippen LogP contribution in [0.3, 0.4) is 0 Å². The maximum Gasteiger partial charge on any atom is 0.0872 e. The number of rotatable bonds is 3. The van der Waals surface area contributed by atoms with E-state index in [1.54, 1.807) is 0 Å². The Labute approximate surface area is 104 Å². The first-order valence-corrected chi connectivity index (χ1v) is 6.70. The summed E-state index contributed by atoms with van der Waals surface area (Å²) in [5.74, 6) is 1.67. The van der Waals surface area contributed by atoms with Gasteiger partial charge in [0.15, 0.2) is 0 Å². The topological polar surface area (TPSA) is 0 Å². The van der Waals surface area contributed by atoms with Gasteiger partial charge in [-0.2, -0.15) is 0 Å². The molecule has 0 radical (unpaired) electrons. The highest BCUT2D eigenvalue weighted by Gasteiger charge is 2.20. The summed E-state index contributed by atoms with van der Waals surface area (Å²) in [6.07, 6.45) is 8.79. The first-order chi connectivity index (χ1) is 8.33. The first-order valence-electron chi connectivity index (χ1n) is 6.70. The Morgan fingerprint density at radius 1 is 1.12 bits per heavy atom. The summed E-state index contributed by atoms with van der Waals surface area (Å²) in [5, 5.41) is 0. The van der Waals surface area contributed by atoms with E-state index < -0.39 is 0 Å². The summed E-state index contributed by atoms with van der Waals surface area (Å²) in [6, 6.07) is 8.34.